The molecule has 2 aliphatic rings. The number of carbonyl (C=O) groups is 2. The second-order valence-electron chi connectivity index (χ2n) is 6.15. The lowest BCUT2D eigenvalue weighted by atomic mass is 9.98. The van der Waals surface area contributed by atoms with Gasteiger partial charge >= 0.3 is 11.9 Å². The van der Waals surface area contributed by atoms with Gasteiger partial charge in [0.25, 0.3) is 0 Å². The largest absolute Gasteiger partial charge is 0.465 e. The van der Waals surface area contributed by atoms with E-state index in [4.69, 9.17) is 18.9 Å². The van der Waals surface area contributed by atoms with Gasteiger partial charge in [-0.25, -0.2) is 8.42 Å². The molecule has 3 rings (SSSR count). The fourth-order valence-corrected chi connectivity index (χ4v) is 5.36. The first-order valence-electron chi connectivity index (χ1n) is 8.21. The molecule has 0 aromatic heterocycles. The molecular weight excluding hydrogens is 364 g/mol. The molecule has 1 aliphatic carbocycles. The molecular formula is C17H20O8S. The Kier molecular flexibility index (Phi) is 4.60. The number of hydrogen-bond acceptors (Lipinski definition) is 8. The van der Waals surface area contributed by atoms with Crippen LogP contribution in [0, 0.1) is 5.41 Å². The molecule has 2 unspecified atom stereocenters. The van der Waals surface area contributed by atoms with Crippen LogP contribution in [0.25, 0.3) is 0 Å². The molecule has 1 aromatic rings. The van der Waals surface area contributed by atoms with Crippen molar-refractivity contribution < 1.29 is 37.0 Å². The molecule has 0 N–H and O–H groups in total. The first kappa shape index (κ1) is 18.5. The summed E-state index contributed by atoms with van der Waals surface area (Å²) in [6.45, 7) is 3.27. The second-order valence-corrected chi connectivity index (χ2v) is 8.32. The van der Waals surface area contributed by atoms with Gasteiger partial charge in [0.2, 0.25) is 6.79 Å². The Bertz CT molecular complexity index is 826. The van der Waals surface area contributed by atoms with Crippen LogP contribution in [0.5, 0.6) is 11.5 Å². The maximum absolute atomic E-state index is 12.7. The van der Waals surface area contributed by atoms with Crippen LogP contribution in [0.1, 0.15) is 25.3 Å². The third-order valence-electron chi connectivity index (χ3n) is 4.58. The molecule has 0 bridgehead atoms. The van der Waals surface area contributed by atoms with Gasteiger partial charge in [-0.2, -0.15) is 0 Å². The topological polar surface area (TPSA) is 105 Å². The van der Waals surface area contributed by atoms with Gasteiger partial charge in [-0.3, -0.25) is 9.59 Å². The van der Waals surface area contributed by atoms with Crippen LogP contribution in [-0.2, 0) is 28.9 Å². The molecule has 2 atom stereocenters. The molecule has 1 aliphatic heterocycles. The van der Waals surface area contributed by atoms with Crippen molar-refractivity contribution in [1.82, 2.24) is 0 Å². The average Bonchev–Trinajstić information content (AvgIpc) is 3.10. The highest BCUT2D eigenvalue weighted by molar-refractivity contribution is 7.91. The van der Waals surface area contributed by atoms with E-state index in [1.807, 2.05) is 0 Å². The Labute approximate surface area is 151 Å². The summed E-state index contributed by atoms with van der Waals surface area (Å²) in [5.74, 6) is -1.75. The molecule has 1 fully saturated rings. The monoisotopic (exact) mass is 384 g/mol. The van der Waals surface area contributed by atoms with Crippen molar-refractivity contribution in [2.75, 3.05) is 26.3 Å². The van der Waals surface area contributed by atoms with E-state index >= 15 is 0 Å². The van der Waals surface area contributed by atoms with E-state index in [0.29, 0.717) is 17.1 Å². The van der Waals surface area contributed by atoms with Gasteiger partial charge in [-0.1, -0.05) is 6.07 Å². The zero-order valence-electron chi connectivity index (χ0n) is 14.7. The number of benzene rings is 1. The Hall–Kier alpha value is -2.29. The summed E-state index contributed by atoms with van der Waals surface area (Å²) in [6, 6.07) is 4.83. The number of carbonyl (C=O) groups excluding carboxylic acids is 2. The van der Waals surface area contributed by atoms with Gasteiger partial charge in [0, 0.05) is 12.2 Å². The van der Waals surface area contributed by atoms with E-state index in [0.717, 1.165) is 6.26 Å². The molecule has 8 nitrogen and oxygen atoms in total. The number of rotatable bonds is 6. The van der Waals surface area contributed by atoms with Crippen LogP contribution in [0.15, 0.2) is 18.2 Å². The van der Waals surface area contributed by atoms with Crippen molar-refractivity contribution >= 4 is 21.8 Å². The molecule has 0 spiro atoms. The van der Waals surface area contributed by atoms with Crippen molar-refractivity contribution in [2.24, 2.45) is 5.41 Å². The minimum Gasteiger partial charge on any atom is -0.465 e. The Morgan fingerprint density at radius 1 is 1.12 bits per heavy atom. The lowest BCUT2D eigenvalue weighted by Gasteiger charge is -2.15. The van der Waals surface area contributed by atoms with Crippen LogP contribution < -0.4 is 9.47 Å². The van der Waals surface area contributed by atoms with E-state index in [-0.39, 0.29) is 20.0 Å². The minimum atomic E-state index is -3.75. The lowest BCUT2D eigenvalue weighted by Crippen LogP contribution is -2.35. The van der Waals surface area contributed by atoms with Gasteiger partial charge in [-0.15, -0.1) is 0 Å². The summed E-state index contributed by atoms with van der Waals surface area (Å²) in [7, 11) is -3.75. The lowest BCUT2D eigenvalue weighted by molar-refractivity contribution is -0.164. The summed E-state index contributed by atoms with van der Waals surface area (Å²) in [6.07, 6.45) is 0.998. The molecule has 0 radical (unpaired) electrons. The predicted molar refractivity (Wildman–Crippen MR) is 89.6 cm³/mol. The molecule has 142 valence electrons. The molecule has 26 heavy (non-hydrogen) atoms. The zero-order valence-corrected chi connectivity index (χ0v) is 15.5. The number of esters is 2. The molecule has 0 amide bonds. The first-order valence-corrected chi connectivity index (χ1v) is 10.2. The van der Waals surface area contributed by atoms with Crippen molar-refractivity contribution in [1.29, 1.82) is 0 Å². The van der Waals surface area contributed by atoms with Crippen LogP contribution in [0.4, 0.5) is 0 Å². The van der Waals surface area contributed by atoms with Gasteiger partial charge in [0.1, 0.15) is 0 Å². The highest BCUT2D eigenvalue weighted by Crippen LogP contribution is 2.64. The molecule has 1 heterocycles. The van der Waals surface area contributed by atoms with E-state index < -0.39 is 38.4 Å². The van der Waals surface area contributed by atoms with Crippen molar-refractivity contribution in [3.8, 4) is 11.5 Å². The SMILES string of the molecule is CCOC(=O)C1(C(=O)OCC)C(c2ccc3c(c2)OCO3)C1S(C)(=O)=O. The van der Waals surface area contributed by atoms with Gasteiger partial charge in [0.05, 0.1) is 18.5 Å². The van der Waals surface area contributed by atoms with E-state index in [2.05, 4.69) is 0 Å². The van der Waals surface area contributed by atoms with Crippen LogP contribution in [0.3, 0.4) is 0 Å². The summed E-state index contributed by atoms with van der Waals surface area (Å²) in [5.41, 5.74) is -1.43. The number of hydrogen-bond donors (Lipinski definition) is 0. The summed E-state index contributed by atoms with van der Waals surface area (Å²) in [5, 5.41) is -1.26. The summed E-state index contributed by atoms with van der Waals surface area (Å²) < 4.78 is 45.4. The van der Waals surface area contributed by atoms with E-state index in [1.165, 1.54) is 0 Å². The van der Waals surface area contributed by atoms with Crippen LogP contribution in [-0.4, -0.2) is 51.9 Å². The van der Waals surface area contributed by atoms with Crippen LogP contribution in [0.2, 0.25) is 0 Å². The normalized spacial score (nSPS) is 22.6. The fraction of sp³-hybridized carbons (Fsp3) is 0.529. The van der Waals surface area contributed by atoms with Crippen molar-refractivity contribution in [3.63, 3.8) is 0 Å². The standard InChI is InChI=1S/C17H20O8S/c1-4-22-15(18)17(16(19)23-5-2)13(14(17)26(3,20)21)10-6-7-11-12(8-10)25-9-24-11/h6-8,13-14H,4-5,9H2,1-3H3. The quantitative estimate of drug-likeness (QED) is 0.529. The maximum atomic E-state index is 12.7. The van der Waals surface area contributed by atoms with E-state index in [1.54, 1.807) is 32.0 Å². The maximum Gasteiger partial charge on any atom is 0.325 e. The number of fused-ring (bicyclic) bond motifs is 1. The molecule has 1 saturated carbocycles. The highest BCUT2D eigenvalue weighted by atomic mass is 32.2. The highest BCUT2D eigenvalue weighted by Gasteiger charge is 2.81. The average molecular weight is 384 g/mol. The zero-order chi connectivity index (χ0) is 19.1. The summed E-state index contributed by atoms with van der Waals surface area (Å²) in [4.78, 5) is 25.3. The predicted octanol–water partition coefficient (Wildman–Crippen LogP) is 1.04. The Balaban J connectivity index is 2.11. The van der Waals surface area contributed by atoms with Gasteiger partial charge in [0.15, 0.2) is 26.8 Å². The van der Waals surface area contributed by atoms with Gasteiger partial charge in [-0.05, 0) is 31.5 Å². The van der Waals surface area contributed by atoms with Crippen molar-refractivity contribution in [2.45, 2.75) is 25.0 Å². The third-order valence-corrected chi connectivity index (χ3v) is 6.14. The van der Waals surface area contributed by atoms with Gasteiger partial charge < -0.3 is 18.9 Å². The Morgan fingerprint density at radius 2 is 1.69 bits per heavy atom. The smallest absolute Gasteiger partial charge is 0.325 e. The second kappa shape index (κ2) is 6.46. The molecule has 9 heteroatoms. The number of sulfone groups is 1. The third kappa shape index (κ3) is 2.70. The number of ether oxygens (including phenoxy) is 4. The van der Waals surface area contributed by atoms with Crippen LogP contribution >= 0.6 is 0 Å². The van der Waals surface area contributed by atoms with E-state index in [9.17, 15) is 18.0 Å². The molecule has 0 saturated heterocycles. The molecule has 1 aromatic carbocycles. The minimum absolute atomic E-state index is 0.0182. The fourth-order valence-electron chi connectivity index (χ4n) is 3.56. The Morgan fingerprint density at radius 3 is 2.23 bits per heavy atom. The first-order chi connectivity index (χ1) is 12.3. The van der Waals surface area contributed by atoms with Crippen molar-refractivity contribution in [3.05, 3.63) is 23.8 Å². The summed E-state index contributed by atoms with van der Waals surface area (Å²) >= 11 is 0.